The normalized spacial score (nSPS) is 14.4. The molecule has 0 aliphatic carbocycles. The summed E-state index contributed by atoms with van der Waals surface area (Å²) < 4.78 is 0. The molecule has 3 aromatic rings. The Morgan fingerprint density at radius 2 is 1.67 bits per heavy atom. The molecule has 4 rings (SSSR count). The average Bonchev–Trinajstić information content (AvgIpc) is 2.76. The average molecular weight is 402 g/mol. The number of urea groups is 1. The van der Waals surface area contributed by atoms with Gasteiger partial charge < -0.3 is 15.5 Å². The Bertz CT molecular complexity index is 966. The SMILES string of the molecule is Cc1cccc(NC(=O)Nc2ccc(CN3CCN(c4ccccn4)CC3)cc2)c1. The number of piperazine rings is 1. The summed E-state index contributed by atoms with van der Waals surface area (Å²) in [5, 5.41) is 5.75. The number of nitrogens with one attached hydrogen (secondary N) is 2. The fourth-order valence-electron chi connectivity index (χ4n) is 3.64. The first-order valence-electron chi connectivity index (χ1n) is 10.3. The van der Waals surface area contributed by atoms with Gasteiger partial charge in [-0.15, -0.1) is 0 Å². The molecular formula is C24H27N5O. The molecule has 6 heteroatoms. The summed E-state index contributed by atoms with van der Waals surface area (Å²) >= 11 is 0. The number of hydrogen-bond donors (Lipinski definition) is 2. The highest BCUT2D eigenvalue weighted by atomic mass is 16.2. The van der Waals surface area contributed by atoms with Crippen molar-refractivity contribution >= 4 is 23.2 Å². The summed E-state index contributed by atoms with van der Waals surface area (Å²) in [6.07, 6.45) is 1.85. The topological polar surface area (TPSA) is 60.5 Å². The van der Waals surface area contributed by atoms with Gasteiger partial charge in [-0.2, -0.15) is 0 Å². The number of carbonyl (C=O) groups excluding carboxylic acids is 1. The van der Waals surface area contributed by atoms with E-state index in [1.165, 1.54) is 5.56 Å². The zero-order valence-corrected chi connectivity index (χ0v) is 17.2. The van der Waals surface area contributed by atoms with E-state index >= 15 is 0 Å². The number of nitrogens with zero attached hydrogens (tertiary/aromatic N) is 3. The van der Waals surface area contributed by atoms with Crippen LogP contribution >= 0.6 is 0 Å². The van der Waals surface area contributed by atoms with Gasteiger partial charge in [-0.05, 0) is 54.4 Å². The van der Waals surface area contributed by atoms with Gasteiger partial charge in [0.25, 0.3) is 0 Å². The largest absolute Gasteiger partial charge is 0.354 e. The van der Waals surface area contributed by atoms with E-state index in [2.05, 4.69) is 43.6 Å². The lowest BCUT2D eigenvalue weighted by Crippen LogP contribution is -2.46. The van der Waals surface area contributed by atoms with E-state index in [-0.39, 0.29) is 6.03 Å². The third-order valence-corrected chi connectivity index (χ3v) is 5.24. The van der Waals surface area contributed by atoms with Crippen molar-refractivity contribution in [2.75, 3.05) is 41.7 Å². The summed E-state index contributed by atoms with van der Waals surface area (Å²) in [6, 6.07) is 21.6. The highest BCUT2D eigenvalue weighted by Gasteiger charge is 2.17. The molecule has 2 N–H and O–H groups in total. The highest BCUT2D eigenvalue weighted by molar-refractivity contribution is 5.99. The Balaban J connectivity index is 1.25. The number of amides is 2. The molecule has 2 amide bonds. The first-order valence-corrected chi connectivity index (χ1v) is 10.3. The van der Waals surface area contributed by atoms with E-state index in [1.54, 1.807) is 0 Å². The molecule has 0 bridgehead atoms. The Morgan fingerprint density at radius 3 is 2.37 bits per heavy atom. The van der Waals surface area contributed by atoms with Crippen molar-refractivity contribution < 1.29 is 4.79 Å². The number of aryl methyl sites for hydroxylation is 1. The maximum Gasteiger partial charge on any atom is 0.323 e. The Kier molecular flexibility index (Phi) is 6.25. The molecule has 1 aliphatic heterocycles. The van der Waals surface area contributed by atoms with Gasteiger partial charge in [0.15, 0.2) is 0 Å². The van der Waals surface area contributed by atoms with Crippen LogP contribution in [0.2, 0.25) is 0 Å². The second-order valence-electron chi connectivity index (χ2n) is 7.60. The van der Waals surface area contributed by atoms with Crippen molar-refractivity contribution in [1.82, 2.24) is 9.88 Å². The first-order chi connectivity index (χ1) is 14.7. The van der Waals surface area contributed by atoms with Crippen molar-refractivity contribution in [3.8, 4) is 0 Å². The summed E-state index contributed by atoms with van der Waals surface area (Å²) in [5.41, 5.74) is 3.92. The Morgan fingerprint density at radius 1 is 0.900 bits per heavy atom. The summed E-state index contributed by atoms with van der Waals surface area (Å²) in [7, 11) is 0. The molecule has 154 valence electrons. The molecule has 1 aliphatic rings. The van der Waals surface area contributed by atoms with E-state index in [9.17, 15) is 4.79 Å². The fourth-order valence-corrected chi connectivity index (χ4v) is 3.64. The number of aromatic nitrogens is 1. The predicted octanol–water partition coefficient (Wildman–Crippen LogP) is 4.36. The van der Waals surface area contributed by atoms with Gasteiger partial charge in [0, 0.05) is 50.3 Å². The Labute approximate surface area is 177 Å². The van der Waals surface area contributed by atoms with Crippen molar-refractivity contribution in [2.24, 2.45) is 0 Å². The van der Waals surface area contributed by atoms with Gasteiger partial charge in [0.05, 0.1) is 0 Å². The fraction of sp³-hybridized carbons (Fsp3) is 0.250. The van der Waals surface area contributed by atoms with Crippen LogP contribution < -0.4 is 15.5 Å². The minimum absolute atomic E-state index is 0.237. The van der Waals surface area contributed by atoms with Crippen molar-refractivity contribution in [2.45, 2.75) is 13.5 Å². The number of carbonyl (C=O) groups is 1. The minimum Gasteiger partial charge on any atom is -0.354 e. The minimum atomic E-state index is -0.237. The van der Waals surface area contributed by atoms with Gasteiger partial charge in [-0.25, -0.2) is 9.78 Å². The summed E-state index contributed by atoms with van der Waals surface area (Å²) in [4.78, 5) is 21.4. The molecule has 6 nitrogen and oxygen atoms in total. The van der Waals surface area contributed by atoms with Crippen LogP contribution in [0.25, 0.3) is 0 Å². The van der Waals surface area contributed by atoms with Crippen LogP contribution in [0.5, 0.6) is 0 Å². The highest BCUT2D eigenvalue weighted by Crippen LogP contribution is 2.16. The van der Waals surface area contributed by atoms with Crippen LogP contribution in [-0.4, -0.2) is 42.1 Å². The quantitative estimate of drug-likeness (QED) is 0.667. The number of benzene rings is 2. The Hall–Kier alpha value is -3.38. The summed E-state index contributed by atoms with van der Waals surface area (Å²) in [6.45, 7) is 6.89. The second kappa shape index (κ2) is 9.41. The van der Waals surface area contributed by atoms with E-state index < -0.39 is 0 Å². The van der Waals surface area contributed by atoms with Crippen molar-refractivity contribution in [3.05, 3.63) is 84.1 Å². The van der Waals surface area contributed by atoms with Crippen LogP contribution in [0.15, 0.2) is 72.9 Å². The molecule has 0 atom stereocenters. The lowest BCUT2D eigenvalue weighted by atomic mass is 10.1. The van der Waals surface area contributed by atoms with Crippen LogP contribution in [0.4, 0.5) is 22.0 Å². The van der Waals surface area contributed by atoms with Gasteiger partial charge in [-0.1, -0.05) is 30.3 Å². The van der Waals surface area contributed by atoms with Crippen LogP contribution in [0.3, 0.4) is 0 Å². The number of anilines is 3. The van der Waals surface area contributed by atoms with Crippen LogP contribution in [-0.2, 0) is 6.54 Å². The molecular weight excluding hydrogens is 374 g/mol. The van der Waals surface area contributed by atoms with E-state index in [0.29, 0.717) is 0 Å². The molecule has 0 spiro atoms. The van der Waals surface area contributed by atoms with Crippen LogP contribution in [0.1, 0.15) is 11.1 Å². The smallest absolute Gasteiger partial charge is 0.323 e. The van der Waals surface area contributed by atoms with Crippen LogP contribution in [0, 0.1) is 6.92 Å². The monoisotopic (exact) mass is 401 g/mol. The molecule has 0 unspecified atom stereocenters. The maximum absolute atomic E-state index is 12.2. The third kappa shape index (κ3) is 5.36. The molecule has 1 aromatic heterocycles. The first kappa shape index (κ1) is 19.9. The van der Waals surface area contributed by atoms with E-state index in [4.69, 9.17) is 0 Å². The molecule has 0 saturated carbocycles. The number of pyridine rings is 1. The lowest BCUT2D eigenvalue weighted by Gasteiger charge is -2.35. The number of hydrogen-bond acceptors (Lipinski definition) is 4. The predicted molar refractivity (Wildman–Crippen MR) is 122 cm³/mol. The molecule has 2 aromatic carbocycles. The molecule has 1 fully saturated rings. The van der Waals surface area contributed by atoms with Gasteiger partial charge in [0.1, 0.15) is 5.82 Å². The molecule has 30 heavy (non-hydrogen) atoms. The van der Waals surface area contributed by atoms with Crippen molar-refractivity contribution in [1.29, 1.82) is 0 Å². The van der Waals surface area contributed by atoms with E-state index in [1.807, 2.05) is 61.7 Å². The third-order valence-electron chi connectivity index (χ3n) is 5.24. The summed E-state index contributed by atoms with van der Waals surface area (Å²) in [5.74, 6) is 1.05. The van der Waals surface area contributed by atoms with Gasteiger partial charge in [0.2, 0.25) is 0 Å². The molecule has 0 radical (unpaired) electrons. The van der Waals surface area contributed by atoms with Gasteiger partial charge >= 0.3 is 6.03 Å². The lowest BCUT2D eigenvalue weighted by molar-refractivity contribution is 0.249. The second-order valence-corrected chi connectivity index (χ2v) is 7.60. The molecule has 1 saturated heterocycles. The molecule has 2 heterocycles. The standard InChI is InChI=1S/C24H27N5O/c1-19-5-4-6-22(17-19)27-24(30)26-21-10-8-20(9-11-21)18-28-13-15-29(16-14-28)23-7-2-3-12-25-23/h2-12,17H,13-16,18H2,1H3,(H2,26,27,30). The zero-order valence-electron chi connectivity index (χ0n) is 17.2. The zero-order chi connectivity index (χ0) is 20.8. The van der Waals surface area contributed by atoms with Gasteiger partial charge in [-0.3, -0.25) is 4.90 Å². The van der Waals surface area contributed by atoms with Crippen molar-refractivity contribution in [3.63, 3.8) is 0 Å². The maximum atomic E-state index is 12.2. The van der Waals surface area contributed by atoms with E-state index in [0.717, 1.165) is 55.5 Å². The number of rotatable bonds is 5.